The van der Waals surface area contributed by atoms with E-state index in [4.69, 9.17) is 5.26 Å². The highest BCUT2D eigenvalue weighted by atomic mass is 79.9. The lowest BCUT2D eigenvalue weighted by molar-refractivity contribution is 1.27. The minimum absolute atomic E-state index is 0.148. The Morgan fingerprint density at radius 2 is 2.38 bits per heavy atom. The third-order valence-corrected chi connectivity index (χ3v) is 3.30. The number of nitrogens with zero attached hydrogens (tertiary/aromatic N) is 1. The molecule has 0 radical (unpaired) electrons. The van der Waals surface area contributed by atoms with E-state index in [0.29, 0.717) is 15.6 Å². The average Bonchev–Trinajstić information content (AvgIpc) is 2.48. The first-order valence-corrected chi connectivity index (χ1v) is 5.04. The molecule has 0 aliphatic carbocycles. The van der Waals surface area contributed by atoms with Gasteiger partial charge in [0.2, 0.25) is 0 Å². The summed E-state index contributed by atoms with van der Waals surface area (Å²) < 4.78 is 1.45. The molecule has 5 heteroatoms. The highest BCUT2D eigenvalue weighted by Gasteiger charge is 2.07. The van der Waals surface area contributed by atoms with Crippen LogP contribution in [0.2, 0.25) is 0 Å². The summed E-state index contributed by atoms with van der Waals surface area (Å²) in [6, 6.07) is 3.81. The molecule has 2 heterocycles. The molecule has 13 heavy (non-hydrogen) atoms. The van der Waals surface area contributed by atoms with Gasteiger partial charge in [0.1, 0.15) is 10.8 Å². The number of rotatable bonds is 0. The second kappa shape index (κ2) is 2.98. The lowest BCUT2D eigenvalue weighted by Gasteiger charge is -1.89. The molecule has 0 bridgehead atoms. The van der Waals surface area contributed by atoms with Crippen LogP contribution in [-0.2, 0) is 0 Å². The number of hydrogen-bond acceptors (Lipinski definition) is 3. The van der Waals surface area contributed by atoms with Gasteiger partial charge in [-0.05, 0) is 22.0 Å². The maximum absolute atomic E-state index is 11.3. The summed E-state index contributed by atoms with van der Waals surface area (Å²) in [6.07, 6.45) is 1.43. The van der Waals surface area contributed by atoms with Gasteiger partial charge in [-0.15, -0.1) is 11.3 Å². The number of fused-ring (bicyclic) bond motifs is 1. The van der Waals surface area contributed by atoms with E-state index < -0.39 is 0 Å². The zero-order valence-corrected chi connectivity index (χ0v) is 8.70. The fourth-order valence-electron chi connectivity index (χ4n) is 1.10. The van der Waals surface area contributed by atoms with Crippen molar-refractivity contribution in [3.8, 4) is 6.07 Å². The van der Waals surface area contributed by atoms with Crippen LogP contribution >= 0.6 is 27.3 Å². The molecule has 0 atom stereocenters. The van der Waals surface area contributed by atoms with E-state index in [-0.39, 0.29) is 5.56 Å². The summed E-state index contributed by atoms with van der Waals surface area (Å²) in [7, 11) is 0. The fraction of sp³-hybridized carbons (Fsp3) is 0. The van der Waals surface area contributed by atoms with Crippen molar-refractivity contribution in [1.29, 1.82) is 5.26 Å². The van der Waals surface area contributed by atoms with E-state index in [0.717, 1.165) is 3.79 Å². The smallest absolute Gasteiger partial charge is 0.266 e. The van der Waals surface area contributed by atoms with Crippen molar-refractivity contribution in [2.24, 2.45) is 0 Å². The molecule has 2 rings (SSSR count). The minimum atomic E-state index is -0.148. The van der Waals surface area contributed by atoms with Crippen LogP contribution in [0.15, 0.2) is 20.8 Å². The summed E-state index contributed by atoms with van der Waals surface area (Å²) in [5.74, 6) is 0. The molecule has 0 amide bonds. The van der Waals surface area contributed by atoms with Gasteiger partial charge in [-0.2, -0.15) is 5.26 Å². The van der Waals surface area contributed by atoms with Gasteiger partial charge in [0, 0.05) is 11.6 Å². The number of aromatic amines is 1. The van der Waals surface area contributed by atoms with Crippen LogP contribution in [0.3, 0.4) is 0 Å². The molecule has 0 saturated heterocycles. The van der Waals surface area contributed by atoms with Crippen LogP contribution in [0.1, 0.15) is 5.56 Å². The van der Waals surface area contributed by atoms with Gasteiger partial charge in [-0.25, -0.2) is 0 Å². The van der Waals surface area contributed by atoms with Gasteiger partial charge >= 0.3 is 0 Å². The zero-order chi connectivity index (χ0) is 9.42. The van der Waals surface area contributed by atoms with Gasteiger partial charge in [-0.3, -0.25) is 4.79 Å². The third-order valence-electron chi connectivity index (χ3n) is 1.67. The van der Waals surface area contributed by atoms with Crippen LogP contribution in [-0.4, -0.2) is 4.98 Å². The number of thiophene rings is 1. The Balaban J connectivity index is 3.02. The van der Waals surface area contributed by atoms with E-state index in [2.05, 4.69) is 20.9 Å². The number of halogens is 1. The molecule has 1 N–H and O–H groups in total. The molecule has 0 fully saturated rings. The van der Waals surface area contributed by atoms with E-state index in [1.54, 1.807) is 6.07 Å². The minimum Gasteiger partial charge on any atom is -0.327 e. The molecule has 0 unspecified atom stereocenters. The van der Waals surface area contributed by atoms with Gasteiger partial charge in [-0.1, -0.05) is 0 Å². The van der Waals surface area contributed by atoms with E-state index in [1.807, 2.05) is 6.07 Å². The molecule has 0 saturated carbocycles. The predicted molar refractivity (Wildman–Crippen MR) is 54.9 cm³/mol. The largest absolute Gasteiger partial charge is 0.327 e. The van der Waals surface area contributed by atoms with Gasteiger partial charge in [0.25, 0.3) is 5.56 Å². The van der Waals surface area contributed by atoms with Crippen LogP contribution in [0.25, 0.3) is 10.1 Å². The van der Waals surface area contributed by atoms with Crippen molar-refractivity contribution in [1.82, 2.24) is 4.98 Å². The van der Waals surface area contributed by atoms with E-state index >= 15 is 0 Å². The molecule has 0 aromatic carbocycles. The number of pyridine rings is 1. The number of hydrogen-bond donors (Lipinski definition) is 1. The van der Waals surface area contributed by atoms with Crippen molar-refractivity contribution in [3.05, 3.63) is 32.0 Å². The molecule has 3 nitrogen and oxygen atoms in total. The maximum Gasteiger partial charge on any atom is 0.266 e. The molecular weight excluding hydrogens is 252 g/mol. The van der Waals surface area contributed by atoms with E-state index in [1.165, 1.54) is 17.5 Å². The fourth-order valence-corrected chi connectivity index (χ4v) is 2.62. The Morgan fingerprint density at radius 3 is 3.08 bits per heavy atom. The van der Waals surface area contributed by atoms with Crippen LogP contribution < -0.4 is 5.56 Å². The Hall–Kier alpha value is -1.12. The standard InChI is InChI=1S/C8H3BrN2OS/c9-6-1-5-4(2-10)3-11-8(12)7(5)13-6/h1,3H,(H,11,12). The Morgan fingerprint density at radius 1 is 1.62 bits per heavy atom. The monoisotopic (exact) mass is 254 g/mol. The summed E-state index contributed by atoms with van der Waals surface area (Å²) in [5, 5.41) is 9.46. The molecular formula is C8H3BrN2OS. The lowest BCUT2D eigenvalue weighted by Crippen LogP contribution is -2.03. The molecule has 2 aromatic rings. The first-order valence-electron chi connectivity index (χ1n) is 3.43. The van der Waals surface area contributed by atoms with Crippen molar-refractivity contribution in [2.45, 2.75) is 0 Å². The third kappa shape index (κ3) is 1.28. The van der Waals surface area contributed by atoms with Gasteiger partial charge < -0.3 is 4.98 Å². The Bertz CT molecular complexity index is 564. The zero-order valence-electron chi connectivity index (χ0n) is 6.30. The lowest BCUT2D eigenvalue weighted by atomic mass is 10.2. The SMILES string of the molecule is N#Cc1c[nH]c(=O)c2sc(Br)cc12. The summed E-state index contributed by atoms with van der Waals surface area (Å²) in [6.45, 7) is 0. The van der Waals surface area contributed by atoms with Crippen molar-refractivity contribution in [3.63, 3.8) is 0 Å². The van der Waals surface area contributed by atoms with Crippen LogP contribution in [0, 0.1) is 11.3 Å². The molecule has 0 spiro atoms. The average molecular weight is 255 g/mol. The summed E-state index contributed by atoms with van der Waals surface area (Å²) in [5.41, 5.74) is 0.348. The number of nitrogens with one attached hydrogen (secondary N) is 1. The van der Waals surface area contributed by atoms with Crippen molar-refractivity contribution in [2.75, 3.05) is 0 Å². The van der Waals surface area contributed by atoms with E-state index in [9.17, 15) is 4.79 Å². The number of H-pyrrole nitrogens is 1. The summed E-state index contributed by atoms with van der Waals surface area (Å²) >= 11 is 4.61. The quantitative estimate of drug-likeness (QED) is 0.784. The number of aromatic nitrogens is 1. The highest BCUT2D eigenvalue weighted by Crippen LogP contribution is 2.28. The predicted octanol–water partition coefficient (Wildman–Crippen LogP) is 2.22. The molecule has 0 aliphatic heterocycles. The second-order valence-corrected chi connectivity index (χ2v) is 4.87. The molecule has 64 valence electrons. The molecule has 2 aromatic heterocycles. The first kappa shape index (κ1) is 8.48. The summed E-state index contributed by atoms with van der Waals surface area (Å²) in [4.78, 5) is 13.8. The molecule has 0 aliphatic rings. The first-order chi connectivity index (χ1) is 6.22. The maximum atomic E-state index is 11.3. The van der Waals surface area contributed by atoms with Crippen LogP contribution in [0.4, 0.5) is 0 Å². The number of nitriles is 1. The topological polar surface area (TPSA) is 56.6 Å². The highest BCUT2D eigenvalue weighted by molar-refractivity contribution is 9.11. The van der Waals surface area contributed by atoms with Crippen molar-refractivity contribution < 1.29 is 0 Å². The Kier molecular flexibility index (Phi) is 1.94. The normalized spacial score (nSPS) is 10.2. The van der Waals surface area contributed by atoms with Gasteiger partial charge in [0.15, 0.2) is 0 Å². The van der Waals surface area contributed by atoms with Gasteiger partial charge in [0.05, 0.1) is 9.35 Å². The van der Waals surface area contributed by atoms with Crippen molar-refractivity contribution >= 4 is 37.4 Å². The Labute approximate surface area is 85.8 Å². The second-order valence-electron chi connectivity index (χ2n) is 2.44. The van der Waals surface area contributed by atoms with Crippen LogP contribution in [0.5, 0.6) is 0 Å².